The molecule has 1 aliphatic heterocycles. The van der Waals surface area contributed by atoms with E-state index in [1.807, 2.05) is 19.2 Å². The van der Waals surface area contributed by atoms with Gasteiger partial charge >= 0.3 is 0 Å². The molecular formula is C20H21FN4. The zero-order chi connectivity index (χ0) is 17.2. The molecule has 2 aromatic heterocycles. The van der Waals surface area contributed by atoms with E-state index in [0.717, 1.165) is 54.0 Å². The normalized spacial score (nSPS) is 15.4. The van der Waals surface area contributed by atoms with Crippen molar-refractivity contribution in [2.75, 3.05) is 13.1 Å². The molecule has 0 spiro atoms. The summed E-state index contributed by atoms with van der Waals surface area (Å²) >= 11 is 0. The SMILES string of the molecule is Cc1cc(-c2c(-c3ccc(F)cc3)n[nH]c2C2CCNCC2)ccn1. The summed E-state index contributed by atoms with van der Waals surface area (Å²) in [5.74, 6) is 0.214. The summed E-state index contributed by atoms with van der Waals surface area (Å²) in [5.41, 5.74) is 6.16. The molecule has 0 atom stereocenters. The number of aryl methyl sites for hydroxylation is 1. The van der Waals surface area contributed by atoms with Crippen LogP contribution in [0.15, 0.2) is 42.6 Å². The number of rotatable bonds is 3. The van der Waals surface area contributed by atoms with Gasteiger partial charge in [-0.15, -0.1) is 0 Å². The summed E-state index contributed by atoms with van der Waals surface area (Å²) in [6, 6.07) is 10.6. The minimum absolute atomic E-state index is 0.237. The maximum Gasteiger partial charge on any atom is 0.123 e. The maximum absolute atomic E-state index is 13.3. The van der Waals surface area contributed by atoms with Crippen molar-refractivity contribution >= 4 is 0 Å². The molecule has 1 aliphatic rings. The second kappa shape index (κ2) is 6.76. The Morgan fingerprint density at radius 3 is 2.52 bits per heavy atom. The van der Waals surface area contributed by atoms with Gasteiger partial charge in [0.1, 0.15) is 11.5 Å². The summed E-state index contributed by atoms with van der Waals surface area (Å²) in [5, 5.41) is 11.3. The standard InChI is InChI=1S/C20H21FN4/c1-13-12-16(8-11-23-13)18-19(14-2-4-17(21)5-3-14)24-25-20(18)15-6-9-22-10-7-15/h2-5,8,11-12,15,22H,6-7,9-10H2,1H3,(H,24,25). The number of nitrogens with one attached hydrogen (secondary N) is 2. The van der Waals surface area contributed by atoms with E-state index in [-0.39, 0.29) is 5.82 Å². The van der Waals surface area contributed by atoms with Crippen molar-refractivity contribution in [3.63, 3.8) is 0 Å². The number of aromatic nitrogens is 3. The first kappa shape index (κ1) is 16.0. The first-order chi connectivity index (χ1) is 12.2. The number of aromatic amines is 1. The van der Waals surface area contributed by atoms with Crippen LogP contribution in [-0.2, 0) is 0 Å². The first-order valence-electron chi connectivity index (χ1n) is 8.70. The predicted molar refractivity (Wildman–Crippen MR) is 96.8 cm³/mol. The van der Waals surface area contributed by atoms with E-state index in [2.05, 4.69) is 26.6 Å². The summed E-state index contributed by atoms with van der Waals surface area (Å²) in [7, 11) is 0. The van der Waals surface area contributed by atoms with Crippen LogP contribution in [0.1, 0.15) is 30.1 Å². The van der Waals surface area contributed by atoms with Crippen molar-refractivity contribution in [2.24, 2.45) is 0 Å². The van der Waals surface area contributed by atoms with E-state index in [4.69, 9.17) is 0 Å². The molecule has 0 saturated carbocycles. The van der Waals surface area contributed by atoms with Crippen LogP contribution >= 0.6 is 0 Å². The van der Waals surface area contributed by atoms with Crippen molar-refractivity contribution in [2.45, 2.75) is 25.7 Å². The third-order valence-electron chi connectivity index (χ3n) is 4.84. The largest absolute Gasteiger partial charge is 0.317 e. The minimum Gasteiger partial charge on any atom is -0.317 e. The summed E-state index contributed by atoms with van der Waals surface area (Å²) in [4.78, 5) is 4.32. The average molecular weight is 336 g/mol. The van der Waals surface area contributed by atoms with Gasteiger partial charge in [0.15, 0.2) is 0 Å². The minimum atomic E-state index is -0.237. The molecule has 0 amide bonds. The van der Waals surface area contributed by atoms with Crippen LogP contribution in [0.25, 0.3) is 22.4 Å². The lowest BCUT2D eigenvalue weighted by atomic mass is 9.88. The summed E-state index contributed by atoms with van der Waals surface area (Å²) in [6.45, 7) is 4.03. The number of piperidine rings is 1. The zero-order valence-electron chi connectivity index (χ0n) is 14.2. The van der Waals surface area contributed by atoms with E-state index >= 15 is 0 Å². The van der Waals surface area contributed by atoms with Crippen LogP contribution in [0, 0.1) is 12.7 Å². The number of nitrogens with zero attached hydrogens (tertiary/aromatic N) is 2. The lowest BCUT2D eigenvalue weighted by molar-refractivity contribution is 0.453. The van der Waals surface area contributed by atoms with Gasteiger partial charge in [0.05, 0.1) is 0 Å². The van der Waals surface area contributed by atoms with Crippen molar-refractivity contribution in [3.8, 4) is 22.4 Å². The Morgan fingerprint density at radius 1 is 1.04 bits per heavy atom. The third-order valence-corrected chi connectivity index (χ3v) is 4.84. The number of hydrogen-bond acceptors (Lipinski definition) is 3. The number of benzene rings is 1. The number of halogens is 1. The van der Waals surface area contributed by atoms with Crippen LogP contribution < -0.4 is 5.32 Å². The second-order valence-electron chi connectivity index (χ2n) is 6.58. The Labute approximate surface area is 146 Å². The Morgan fingerprint density at radius 2 is 1.80 bits per heavy atom. The highest BCUT2D eigenvalue weighted by Crippen LogP contribution is 2.39. The lowest BCUT2D eigenvalue weighted by Crippen LogP contribution is -2.27. The number of H-pyrrole nitrogens is 1. The second-order valence-corrected chi connectivity index (χ2v) is 6.58. The van der Waals surface area contributed by atoms with Crippen LogP contribution in [0.5, 0.6) is 0 Å². The fraction of sp³-hybridized carbons (Fsp3) is 0.300. The molecule has 128 valence electrons. The van der Waals surface area contributed by atoms with Crippen molar-refractivity contribution in [3.05, 3.63) is 59.8 Å². The lowest BCUT2D eigenvalue weighted by Gasteiger charge is -2.23. The van der Waals surface area contributed by atoms with Crippen molar-refractivity contribution in [1.29, 1.82) is 0 Å². The highest BCUT2D eigenvalue weighted by Gasteiger charge is 2.24. The van der Waals surface area contributed by atoms with Crippen LogP contribution in [0.2, 0.25) is 0 Å². The van der Waals surface area contributed by atoms with Gasteiger partial charge in [-0.1, -0.05) is 0 Å². The smallest absolute Gasteiger partial charge is 0.123 e. The van der Waals surface area contributed by atoms with E-state index in [1.165, 1.54) is 17.8 Å². The Bertz CT molecular complexity index is 864. The van der Waals surface area contributed by atoms with E-state index in [0.29, 0.717) is 5.92 Å². The molecule has 4 nitrogen and oxygen atoms in total. The van der Waals surface area contributed by atoms with Gasteiger partial charge in [-0.25, -0.2) is 4.39 Å². The van der Waals surface area contributed by atoms with Gasteiger partial charge < -0.3 is 5.32 Å². The maximum atomic E-state index is 13.3. The molecule has 0 bridgehead atoms. The Hall–Kier alpha value is -2.53. The quantitative estimate of drug-likeness (QED) is 0.758. The monoisotopic (exact) mass is 336 g/mol. The molecular weight excluding hydrogens is 315 g/mol. The van der Waals surface area contributed by atoms with Gasteiger partial charge in [-0.2, -0.15) is 5.10 Å². The Kier molecular flexibility index (Phi) is 4.32. The van der Waals surface area contributed by atoms with E-state index < -0.39 is 0 Å². The molecule has 3 heterocycles. The summed E-state index contributed by atoms with van der Waals surface area (Å²) in [6.07, 6.45) is 4.00. The van der Waals surface area contributed by atoms with Crippen molar-refractivity contribution in [1.82, 2.24) is 20.5 Å². The fourth-order valence-electron chi connectivity index (χ4n) is 3.57. The molecule has 0 aliphatic carbocycles. The molecule has 1 aromatic carbocycles. The molecule has 1 fully saturated rings. The van der Waals surface area contributed by atoms with Crippen LogP contribution in [0.4, 0.5) is 4.39 Å². The highest BCUT2D eigenvalue weighted by molar-refractivity contribution is 5.83. The van der Waals surface area contributed by atoms with E-state index in [1.54, 1.807) is 12.1 Å². The number of pyridine rings is 1. The van der Waals surface area contributed by atoms with Gasteiger partial charge in [0, 0.05) is 34.6 Å². The molecule has 2 N–H and O–H groups in total. The van der Waals surface area contributed by atoms with Gasteiger partial charge in [-0.3, -0.25) is 10.1 Å². The molecule has 0 unspecified atom stereocenters. The zero-order valence-corrected chi connectivity index (χ0v) is 14.2. The third kappa shape index (κ3) is 3.20. The fourth-order valence-corrected chi connectivity index (χ4v) is 3.57. The van der Waals surface area contributed by atoms with Crippen LogP contribution in [-0.4, -0.2) is 28.3 Å². The molecule has 1 saturated heterocycles. The topological polar surface area (TPSA) is 53.6 Å². The number of hydrogen-bond donors (Lipinski definition) is 2. The van der Waals surface area contributed by atoms with Gasteiger partial charge in [0.2, 0.25) is 0 Å². The van der Waals surface area contributed by atoms with Gasteiger partial charge in [-0.05, 0) is 74.8 Å². The predicted octanol–water partition coefficient (Wildman–Crippen LogP) is 4.05. The summed E-state index contributed by atoms with van der Waals surface area (Å²) < 4.78 is 13.3. The van der Waals surface area contributed by atoms with Gasteiger partial charge in [0.25, 0.3) is 0 Å². The average Bonchev–Trinajstić information content (AvgIpc) is 3.08. The molecule has 25 heavy (non-hydrogen) atoms. The molecule has 4 rings (SSSR count). The van der Waals surface area contributed by atoms with E-state index in [9.17, 15) is 4.39 Å². The molecule has 3 aromatic rings. The molecule has 0 radical (unpaired) electrons. The molecule has 5 heteroatoms. The first-order valence-corrected chi connectivity index (χ1v) is 8.70. The van der Waals surface area contributed by atoms with Crippen LogP contribution in [0.3, 0.4) is 0 Å². The Balaban J connectivity index is 1.86. The highest BCUT2D eigenvalue weighted by atomic mass is 19.1. The van der Waals surface area contributed by atoms with Crippen molar-refractivity contribution < 1.29 is 4.39 Å².